The Morgan fingerprint density at radius 2 is 2.00 bits per heavy atom. The summed E-state index contributed by atoms with van der Waals surface area (Å²) in [7, 11) is 0. The van der Waals surface area contributed by atoms with Crippen molar-refractivity contribution in [3.8, 4) is 5.88 Å². The lowest BCUT2D eigenvalue weighted by molar-refractivity contribution is -0.136. The number of fused-ring (bicyclic) bond motifs is 1. The van der Waals surface area contributed by atoms with E-state index in [-0.39, 0.29) is 42.7 Å². The summed E-state index contributed by atoms with van der Waals surface area (Å²) in [4.78, 5) is 40.1. The van der Waals surface area contributed by atoms with Crippen molar-refractivity contribution in [2.75, 3.05) is 6.54 Å². The van der Waals surface area contributed by atoms with Crippen molar-refractivity contribution in [3.05, 3.63) is 33.3 Å². The topological polar surface area (TPSA) is 109 Å². The molecule has 1 saturated heterocycles. The highest BCUT2D eigenvalue weighted by molar-refractivity contribution is 5.97. The van der Waals surface area contributed by atoms with Crippen LogP contribution < -0.4 is 10.9 Å². The number of hydrogen-bond acceptors (Lipinski definition) is 5. The highest BCUT2D eigenvalue weighted by Gasteiger charge is 2.39. The highest BCUT2D eigenvalue weighted by atomic mass is 19.3. The molecule has 4 rings (SSSR count). The first-order chi connectivity index (χ1) is 16.4. The molecule has 2 aromatic rings. The van der Waals surface area contributed by atoms with Crippen molar-refractivity contribution in [1.82, 2.24) is 24.4 Å². The van der Waals surface area contributed by atoms with Gasteiger partial charge in [0.15, 0.2) is 5.56 Å². The lowest BCUT2D eigenvalue weighted by Gasteiger charge is -2.36. The number of nitrogens with one attached hydrogen (secondary N) is 1. The fourth-order valence-corrected chi connectivity index (χ4v) is 4.51. The monoisotopic (exact) mass is 491 g/mol. The molecule has 35 heavy (non-hydrogen) atoms. The summed E-state index contributed by atoms with van der Waals surface area (Å²) in [6.45, 7) is 7.33. The minimum atomic E-state index is -2.78. The number of nitrogens with zero attached hydrogens (tertiary/aromatic N) is 4. The van der Waals surface area contributed by atoms with Gasteiger partial charge in [0.05, 0.1) is 5.69 Å². The van der Waals surface area contributed by atoms with E-state index in [1.807, 2.05) is 13.8 Å². The summed E-state index contributed by atoms with van der Waals surface area (Å²) in [5.41, 5.74) is -0.0284. The van der Waals surface area contributed by atoms with Crippen LogP contribution in [0.25, 0.3) is 11.7 Å². The van der Waals surface area contributed by atoms with Crippen LogP contribution >= 0.6 is 0 Å². The van der Waals surface area contributed by atoms with Crippen molar-refractivity contribution in [3.63, 3.8) is 0 Å². The number of aryl methyl sites for hydroxylation is 1. The van der Waals surface area contributed by atoms with E-state index in [9.17, 15) is 28.3 Å². The van der Waals surface area contributed by atoms with E-state index >= 15 is 0 Å². The van der Waals surface area contributed by atoms with Crippen LogP contribution in [-0.2, 0) is 11.3 Å². The maximum Gasteiger partial charge on any atom is 0.291 e. The first kappa shape index (κ1) is 24.9. The van der Waals surface area contributed by atoms with Crippen molar-refractivity contribution in [2.45, 2.75) is 77.9 Å². The van der Waals surface area contributed by atoms with E-state index in [1.165, 1.54) is 21.6 Å². The number of halogens is 2. The number of aromatic hydroxyl groups is 1. The van der Waals surface area contributed by atoms with Crippen LogP contribution in [0.4, 0.5) is 8.78 Å². The number of carbonyl (C=O) groups excluding carboxylic acids is 2. The predicted molar refractivity (Wildman–Crippen MR) is 126 cm³/mol. The number of piperidine rings is 1. The molecule has 1 aliphatic carbocycles. The zero-order chi connectivity index (χ0) is 25.7. The van der Waals surface area contributed by atoms with Crippen molar-refractivity contribution in [2.24, 2.45) is 5.92 Å². The Bertz CT molecular complexity index is 1260. The third-order valence-electron chi connectivity index (χ3n) is 6.43. The lowest BCUT2D eigenvalue weighted by atomic mass is 9.99. The Morgan fingerprint density at radius 1 is 1.31 bits per heavy atom. The molecule has 3 heterocycles. The maximum atomic E-state index is 13.7. The van der Waals surface area contributed by atoms with E-state index in [4.69, 9.17) is 0 Å². The van der Waals surface area contributed by atoms with Crippen molar-refractivity contribution >= 4 is 23.5 Å². The van der Waals surface area contributed by atoms with Gasteiger partial charge in [-0.05, 0) is 38.7 Å². The molecule has 1 saturated carbocycles. The molecule has 2 N–H and O–H groups in total. The minimum Gasteiger partial charge on any atom is -0.494 e. The van der Waals surface area contributed by atoms with Crippen LogP contribution in [0.1, 0.15) is 68.1 Å². The van der Waals surface area contributed by atoms with Gasteiger partial charge in [-0.2, -0.15) is 9.61 Å². The summed E-state index contributed by atoms with van der Waals surface area (Å²) in [6, 6.07) is -0.617. The van der Waals surface area contributed by atoms with E-state index < -0.39 is 41.6 Å². The Morgan fingerprint density at radius 3 is 2.60 bits per heavy atom. The number of amides is 2. The average Bonchev–Trinajstić information content (AvgIpc) is 3.49. The van der Waals surface area contributed by atoms with Crippen molar-refractivity contribution in [1.29, 1.82) is 0 Å². The van der Waals surface area contributed by atoms with Gasteiger partial charge in [0.2, 0.25) is 11.8 Å². The lowest BCUT2D eigenvalue weighted by Crippen LogP contribution is -2.47. The van der Waals surface area contributed by atoms with Gasteiger partial charge in [-0.1, -0.05) is 13.8 Å². The first-order valence-electron chi connectivity index (χ1n) is 11.9. The van der Waals surface area contributed by atoms with Crippen LogP contribution in [0.2, 0.25) is 0 Å². The van der Waals surface area contributed by atoms with Crippen LogP contribution in [-0.4, -0.2) is 60.6 Å². The molecule has 0 aromatic carbocycles. The van der Waals surface area contributed by atoms with Crippen LogP contribution in [0.3, 0.4) is 0 Å². The molecule has 2 fully saturated rings. The normalized spacial score (nSPS) is 20.2. The van der Waals surface area contributed by atoms with Gasteiger partial charge in [0.1, 0.15) is 5.65 Å². The summed E-state index contributed by atoms with van der Waals surface area (Å²) in [5.74, 6) is -4.26. The standard InChI is InChI=1S/C24H31F2N5O4/c1-13(2)12-30-21-17(7-8-18(32)29-10-9-24(25,26)11-14(29)3)15(4)28-31(21)23(35)19(22(30)34)20(33)27-16-5-6-16/h7-8,13-14,16,34H,5-6,9-12H2,1-4H3,(H,27,33). The third kappa shape index (κ3) is 4.94. The van der Waals surface area contributed by atoms with E-state index in [1.54, 1.807) is 13.8 Å². The van der Waals surface area contributed by atoms with Gasteiger partial charge in [-0.15, -0.1) is 0 Å². The zero-order valence-electron chi connectivity index (χ0n) is 20.3. The second-order valence-electron chi connectivity index (χ2n) is 10.0. The Hall–Kier alpha value is -3.24. The smallest absolute Gasteiger partial charge is 0.291 e. The number of carbonyl (C=O) groups is 2. The van der Waals surface area contributed by atoms with Crippen LogP contribution in [0, 0.1) is 12.8 Å². The second-order valence-corrected chi connectivity index (χ2v) is 10.0. The minimum absolute atomic E-state index is 0.00320. The third-order valence-corrected chi connectivity index (χ3v) is 6.43. The predicted octanol–water partition coefficient (Wildman–Crippen LogP) is 2.72. The highest BCUT2D eigenvalue weighted by Crippen LogP contribution is 2.32. The molecule has 0 radical (unpaired) electrons. The molecule has 11 heteroatoms. The number of aromatic nitrogens is 3. The quantitative estimate of drug-likeness (QED) is 0.604. The Balaban J connectivity index is 1.76. The fraction of sp³-hybridized carbons (Fsp3) is 0.583. The van der Waals surface area contributed by atoms with Gasteiger partial charge in [0.25, 0.3) is 17.4 Å². The zero-order valence-corrected chi connectivity index (χ0v) is 20.3. The fourth-order valence-electron chi connectivity index (χ4n) is 4.51. The van der Waals surface area contributed by atoms with E-state index in [0.29, 0.717) is 11.3 Å². The van der Waals surface area contributed by atoms with Gasteiger partial charge < -0.3 is 15.3 Å². The molecule has 0 spiro atoms. The maximum absolute atomic E-state index is 13.7. The SMILES string of the molecule is Cc1nn2c(=O)c(C(=O)NC3CC3)c(O)n(CC(C)C)c2c1C=CC(=O)N1CCC(F)(F)CC1C. The molecule has 1 atom stereocenters. The number of rotatable bonds is 6. The van der Waals surface area contributed by atoms with Crippen LogP contribution in [0.5, 0.6) is 5.88 Å². The second kappa shape index (κ2) is 9.09. The van der Waals surface area contributed by atoms with E-state index in [0.717, 1.165) is 17.4 Å². The van der Waals surface area contributed by atoms with E-state index in [2.05, 4.69) is 10.4 Å². The van der Waals surface area contributed by atoms with Gasteiger partial charge >= 0.3 is 0 Å². The molecule has 1 aliphatic heterocycles. The largest absolute Gasteiger partial charge is 0.494 e. The van der Waals surface area contributed by atoms with Gasteiger partial charge in [-0.25, -0.2) is 8.78 Å². The first-order valence-corrected chi connectivity index (χ1v) is 11.9. The summed E-state index contributed by atoms with van der Waals surface area (Å²) in [5, 5.41) is 18.0. The van der Waals surface area contributed by atoms with Crippen molar-refractivity contribution < 1.29 is 23.5 Å². The number of likely N-dealkylation sites (tertiary alicyclic amines) is 1. The Labute approximate surface area is 201 Å². The molecule has 9 nitrogen and oxygen atoms in total. The number of alkyl halides is 2. The summed E-state index contributed by atoms with van der Waals surface area (Å²) in [6.07, 6.45) is 3.63. The molecular weight excluding hydrogens is 460 g/mol. The molecule has 190 valence electrons. The molecular formula is C24H31F2N5O4. The summed E-state index contributed by atoms with van der Waals surface area (Å²) >= 11 is 0. The molecule has 2 aliphatic rings. The molecule has 2 amide bonds. The van der Waals surface area contributed by atoms with Crippen LogP contribution in [0.15, 0.2) is 10.9 Å². The summed E-state index contributed by atoms with van der Waals surface area (Å²) < 4.78 is 29.9. The van der Waals surface area contributed by atoms with Gasteiger partial charge in [-0.3, -0.25) is 19.0 Å². The number of hydrogen-bond donors (Lipinski definition) is 2. The molecule has 2 aromatic heterocycles. The molecule has 1 unspecified atom stereocenters. The average molecular weight is 492 g/mol. The molecule has 0 bridgehead atoms. The van der Waals surface area contributed by atoms with Gasteiger partial charge in [0, 0.05) is 49.7 Å². The Kier molecular flexibility index (Phi) is 6.46.